The molecule has 0 spiro atoms. The summed E-state index contributed by atoms with van der Waals surface area (Å²) < 4.78 is 0. The highest BCUT2D eigenvalue weighted by Gasteiger charge is 2.20. The Morgan fingerprint density at radius 1 is 1.33 bits per heavy atom. The highest BCUT2D eigenvalue weighted by Crippen LogP contribution is 2.29. The zero-order valence-corrected chi connectivity index (χ0v) is 11.3. The fourth-order valence-electron chi connectivity index (χ4n) is 1.80. The number of anilines is 1. The SMILES string of the molecule is CCC(CNc1ccc([N+](=O)[O-])cc1[N+](=O)[O-])CC(=O)O. The molecule has 0 amide bonds. The molecule has 0 radical (unpaired) electrons. The van der Waals surface area contributed by atoms with Gasteiger partial charge < -0.3 is 10.4 Å². The molecule has 0 fully saturated rings. The van der Waals surface area contributed by atoms with Crippen LogP contribution < -0.4 is 5.32 Å². The molecular weight excluding hydrogens is 282 g/mol. The van der Waals surface area contributed by atoms with E-state index in [1.165, 1.54) is 6.07 Å². The molecule has 0 aliphatic carbocycles. The number of carboxylic acid groups (broad SMARTS) is 1. The van der Waals surface area contributed by atoms with Gasteiger partial charge in [-0.1, -0.05) is 13.3 Å². The highest BCUT2D eigenvalue weighted by atomic mass is 16.6. The Morgan fingerprint density at radius 2 is 2.00 bits per heavy atom. The van der Waals surface area contributed by atoms with Gasteiger partial charge in [0.2, 0.25) is 0 Å². The number of hydrogen-bond acceptors (Lipinski definition) is 6. The highest BCUT2D eigenvalue weighted by molar-refractivity contribution is 5.68. The number of rotatable bonds is 8. The first-order valence-electron chi connectivity index (χ1n) is 6.23. The van der Waals surface area contributed by atoms with E-state index in [-0.39, 0.29) is 30.3 Å². The Kier molecular flexibility index (Phi) is 5.58. The van der Waals surface area contributed by atoms with Crippen molar-refractivity contribution in [2.45, 2.75) is 19.8 Å². The van der Waals surface area contributed by atoms with Crippen molar-refractivity contribution in [2.75, 3.05) is 11.9 Å². The molecule has 1 aromatic rings. The Balaban J connectivity index is 2.89. The van der Waals surface area contributed by atoms with Crippen LogP contribution in [0.5, 0.6) is 0 Å². The molecule has 21 heavy (non-hydrogen) atoms. The van der Waals surface area contributed by atoms with Gasteiger partial charge in [0.05, 0.1) is 15.9 Å². The molecular formula is C12H15N3O6. The van der Waals surface area contributed by atoms with Gasteiger partial charge in [-0.25, -0.2) is 0 Å². The molecule has 0 heterocycles. The number of nitro groups is 2. The maximum atomic E-state index is 10.9. The summed E-state index contributed by atoms with van der Waals surface area (Å²) in [5.41, 5.74) is -0.645. The maximum absolute atomic E-state index is 10.9. The maximum Gasteiger partial charge on any atom is 0.303 e. The molecule has 2 N–H and O–H groups in total. The van der Waals surface area contributed by atoms with Crippen molar-refractivity contribution < 1.29 is 19.7 Å². The van der Waals surface area contributed by atoms with Crippen LogP contribution in [-0.2, 0) is 4.79 Å². The first-order valence-corrected chi connectivity index (χ1v) is 6.23. The quantitative estimate of drug-likeness (QED) is 0.555. The van der Waals surface area contributed by atoms with Gasteiger partial charge in [-0.15, -0.1) is 0 Å². The van der Waals surface area contributed by atoms with Crippen molar-refractivity contribution in [3.63, 3.8) is 0 Å². The van der Waals surface area contributed by atoms with Crippen LogP contribution in [0.3, 0.4) is 0 Å². The number of benzene rings is 1. The fourth-order valence-corrected chi connectivity index (χ4v) is 1.80. The van der Waals surface area contributed by atoms with Gasteiger partial charge >= 0.3 is 5.97 Å². The Bertz CT molecular complexity index is 560. The summed E-state index contributed by atoms with van der Waals surface area (Å²) in [6, 6.07) is 3.29. The molecule has 1 rings (SSSR count). The number of aliphatic carboxylic acids is 1. The van der Waals surface area contributed by atoms with E-state index in [2.05, 4.69) is 5.32 Å². The lowest BCUT2D eigenvalue weighted by atomic mass is 10.0. The average molecular weight is 297 g/mol. The number of carboxylic acids is 1. The van der Waals surface area contributed by atoms with E-state index in [4.69, 9.17) is 5.11 Å². The van der Waals surface area contributed by atoms with Crippen LogP contribution in [0.4, 0.5) is 17.1 Å². The van der Waals surface area contributed by atoms with Crippen molar-refractivity contribution in [3.05, 3.63) is 38.4 Å². The molecule has 0 saturated carbocycles. The van der Waals surface area contributed by atoms with E-state index < -0.39 is 21.5 Å². The first kappa shape index (κ1) is 16.3. The van der Waals surface area contributed by atoms with Crippen molar-refractivity contribution in [2.24, 2.45) is 5.92 Å². The molecule has 1 unspecified atom stereocenters. The third kappa shape index (κ3) is 4.71. The predicted molar refractivity (Wildman–Crippen MR) is 74.3 cm³/mol. The molecule has 9 heteroatoms. The molecule has 0 bridgehead atoms. The number of carbonyl (C=O) groups is 1. The van der Waals surface area contributed by atoms with Gasteiger partial charge in [-0.3, -0.25) is 25.0 Å². The van der Waals surface area contributed by atoms with E-state index in [9.17, 15) is 25.0 Å². The summed E-state index contributed by atoms with van der Waals surface area (Å²) in [4.78, 5) is 30.8. The molecule has 114 valence electrons. The van der Waals surface area contributed by atoms with E-state index in [0.29, 0.717) is 6.42 Å². The number of nitrogens with zero attached hydrogens (tertiary/aromatic N) is 2. The van der Waals surface area contributed by atoms with Crippen molar-refractivity contribution in [1.29, 1.82) is 0 Å². The van der Waals surface area contributed by atoms with Gasteiger partial charge in [0, 0.05) is 19.0 Å². The Labute approximate surface area is 119 Å². The second-order valence-corrected chi connectivity index (χ2v) is 4.47. The van der Waals surface area contributed by atoms with E-state index in [0.717, 1.165) is 12.1 Å². The first-order chi connectivity index (χ1) is 9.85. The van der Waals surface area contributed by atoms with Crippen LogP contribution in [0.1, 0.15) is 19.8 Å². The van der Waals surface area contributed by atoms with Gasteiger partial charge in [0.1, 0.15) is 5.69 Å². The minimum atomic E-state index is -0.943. The number of hydrogen-bond donors (Lipinski definition) is 2. The molecule has 0 aromatic heterocycles. The predicted octanol–water partition coefficient (Wildman–Crippen LogP) is 2.42. The van der Waals surface area contributed by atoms with Crippen LogP contribution in [0.2, 0.25) is 0 Å². The summed E-state index contributed by atoms with van der Waals surface area (Å²) >= 11 is 0. The van der Waals surface area contributed by atoms with Crippen molar-refractivity contribution in [3.8, 4) is 0 Å². The summed E-state index contributed by atoms with van der Waals surface area (Å²) in [5, 5.41) is 33.1. The molecule has 0 aliphatic rings. The fraction of sp³-hybridized carbons (Fsp3) is 0.417. The lowest BCUT2D eigenvalue weighted by molar-refractivity contribution is -0.393. The Hall–Kier alpha value is -2.71. The second kappa shape index (κ2) is 7.17. The largest absolute Gasteiger partial charge is 0.481 e. The van der Waals surface area contributed by atoms with Gasteiger partial charge in [-0.05, 0) is 12.0 Å². The third-order valence-electron chi connectivity index (χ3n) is 3.01. The van der Waals surface area contributed by atoms with E-state index in [1.807, 2.05) is 6.92 Å². The van der Waals surface area contributed by atoms with Gasteiger partial charge in [0.15, 0.2) is 0 Å². The normalized spacial score (nSPS) is 11.7. The molecule has 0 aliphatic heterocycles. The smallest absolute Gasteiger partial charge is 0.303 e. The topological polar surface area (TPSA) is 136 Å². The second-order valence-electron chi connectivity index (χ2n) is 4.47. The molecule has 0 saturated heterocycles. The summed E-state index contributed by atoms with van der Waals surface area (Å²) in [6.45, 7) is 2.06. The van der Waals surface area contributed by atoms with Gasteiger partial charge in [0.25, 0.3) is 11.4 Å². The number of non-ortho nitro benzene ring substituents is 1. The van der Waals surface area contributed by atoms with Gasteiger partial charge in [-0.2, -0.15) is 0 Å². The third-order valence-corrected chi connectivity index (χ3v) is 3.01. The summed E-state index contributed by atoms with van der Waals surface area (Å²) in [5.74, 6) is -1.13. The monoisotopic (exact) mass is 297 g/mol. The molecule has 1 aromatic carbocycles. The van der Waals surface area contributed by atoms with E-state index in [1.54, 1.807) is 0 Å². The summed E-state index contributed by atoms with van der Waals surface area (Å²) in [6.07, 6.45) is 0.546. The van der Waals surface area contributed by atoms with Crippen LogP contribution in [0.25, 0.3) is 0 Å². The zero-order valence-electron chi connectivity index (χ0n) is 11.3. The van der Waals surface area contributed by atoms with Crippen LogP contribution in [-0.4, -0.2) is 27.5 Å². The molecule has 9 nitrogen and oxygen atoms in total. The Morgan fingerprint density at radius 3 is 2.48 bits per heavy atom. The lowest BCUT2D eigenvalue weighted by Crippen LogP contribution is -2.17. The zero-order chi connectivity index (χ0) is 16.0. The number of nitrogens with one attached hydrogen (secondary N) is 1. The van der Waals surface area contributed by atoms with Crippen molar-refractivity contribution >= 4 is 23.0 Å². The minimum Gasteiger partial charge on any atom is -0.481 e. The van der Waals surface area contributed by atoms with Crippen LogP contribution in [0, 0.1) is 26.1 Å². The number of nitro benzene ring substituents is 2. The molecule has 1 atom stereocenters. The van der Waals surface area contributed by atoms with Crippen LogP contribution >= 0.6 is 0 Å². The summed E-state index contributed by atoms with van der Waals surface area (Å²) in [7, 11) is 0. The lowest BCUT2D eigenvalue weighted by Gasteiger charge is -2.14. The van der Waals surface area contributed by atoms with Crippen LogP contribution in [0.15, 0.2) is 18.2 Å². The van der Waals surface area contributed by atoms with Crippen molar-refractivity contribution in [1.82, 2.24) is 0 Å². The average Bonchev–Trinajstić information content (AvgIpc) is 2.42. The standard InChI is InChI=1S/C12H15N3O6/c1-2-8(5-12(16)17)7-13-10-4-3-9(14(18)19)6-11(10)15(20)21/h3-4,6,8,13H,2,5,7H2,1H3,(H,16,17). The van der Waals surface area contributed by atoms with E-state index >= 15 is 0 Å². The minimum absolute atomic E-state index is 0.0513.